The van der Waals surface area contributed by atoms with E-state index in [0.29, 0.717) is 16.2 Å². The van der Waals surface area contributed by atoms with Crippen molar-refractivity contribution < 1.29 is 18.7 Å². The lowest BCUT2D eigenvalue weighted by atomic mass is 10.2. The first kappa shape index (κ1) is 19.2. The molecular weight excluding hydrogens is 367 g/mol. The number of ether oxygens (including phenoxy) is 2. The largest absolute Gasteiger partial charge is 0.479 e. The fraction of sp³-hybridized carbons (Fsp3) is 0.300. The molecule has 5 nitrogen and oxygen atoms in total. The molecule has 3 rings (SSSR count). The molecule has 0 N–H and O–H groups in total. The van der Waals surface area contributed by atoms with Crippen LogP contribution in [0.5, 0.6) is 5.88 Å². The number of rotatable bonds is 6. The number of hydrogen-bond acceptors (Lipinski definition) is 5. The van der Waals surface area contributed by atoms with Crippen LogP contribution in [0.1, 0.15) is 19.4 Å². The summed E-state index contributed by atoms with van der Waals surface area (Å²) < 4.78 is 26.2. The minimum atomic E-state index is -0.651. The Morgan fingerprint density at radius 3 is 2.67 bits per heavy atom. The van der Waals surface area contributed by atoms with Crippen LogP contribution in [0.15, 0.2) is 47.4 Å². The van der Waals surface area contributed by atoms with E-state index in [1.165, 1.54) is 24.9 Å². The van der Waals surface area contributed by atoms with Gasteiger partial charge in [-0.25, -0.2) is 9.18 Å². The first-order valence-corrected chi connectivity index (χ1v) is 9.58. The molecule has 0 amide bonds. The summed E-state index contributed by atoms with van der Waals surface area (Å²) in [5.41, 5.74) is 1.46. The molecule has 0 saturated heterocycles. The third-order valence-electron chi connectivity index (χ3n) is 3.83. The third-order valence-corrected chi connectivity index (χ3v) is 4.88. The average molecular weight is 388 g/mol. The molecule has 1 heterocycles. The van der Waals surface area contributed by atoms with Gasteiger partial charge in [0.05, 0.1) is 19.2 Å². The van der Waals surface area contributed by atoms with E-state index < -0.39 is 11.9 Å². The first-order chi connectivity index (χ1) is 13.0. The van der Waals surface area contributed by atoms with Gasteiger partial charge in [0.25, 0.3) is 0 Å². The fourth-order valence-electron chi connectivity index (χ4n) is 2.55. The van der Waals surface area contributed by atoms with Crippen molar-refractivity contribution in [3.63, 3.8) is 0 Å². The molecule has 0 fully saturated rings. The third kappa shape index (κ3) is 4.42. The molecule has 7 heteroatoms. The number of benzene rings is 2. The Morgan fingerprint density at radius 2 is 2.00 bits per heavy atom. The SMILES string of the molecule is COc1nn(C(=O)OCC(C)C)c2cc(SCc3ccccc3)cc(F)c12. The van der Waals surface area contributed by atoms with Crippen LogP contribution in [0.3, 0.4) is 0 Å². The normalized spacial score (nSPS) is 11.1. The minimum absolute atomic E-state index is 0.0589. The lowest BCUT2D eigenvalue weighted by Crippen LogP contribution is -2.17. The smallest absolute Gasteiger partial charge is 0.435 e. The van der Waals surface area contributed by atoms with E-state index >= 15 is 0 Å². The van der Waals surface area contributed by atoms with Gasteiger partial charge in [-0.2, -0.15) is 4.68 Å². The Balaban J connectivity index is 1.93. The van der Waals surface area contributed by atoms with Crippen LogP contribution >= 0.6 is 11.8 Å². The number of carbonyl (C=O) groups is 1. The van der Waals surface area contributed by atoms with Crippen molar-refractivity contribution in [3.8, 4) is 5.88 Å². The molecule has 0 bridgehead atoms. The molecule has 0 saturated carbocycles. The number of halogens is 1. The second-order valence-electron chi connectivity index (χ2n) is 6.47. The maximum atomic E-state index is 14.7. The van der Waals surface area contributed by atoms with Gasteiger partial charge in [0.1, 0.15) is 11.2 Å². The summed E-state index contributed by atoms with van der Waals surface area (Å²) in [5.74, 6) is 0.451. The van der Waals surface area contributed by atoms with E-state index in [0.717, 1.165) is 10.2 Å². The van der Waals surface area contributed by atoms with Crippen LogP contribution in [0.25, 0.3) is 10.9 Å². The van der Waals surface area contributed by atoms with Gasteiger partial charge in [-0.1, -0.05) is 44.2 Å². The number of fused-ring (bicyclic) bond motifs is 1. The predicted molar refractivity (Wildman–Crippen MR) is 104 cm³/mol. The molecule has 0 radical (unpaired) electrons. The van der Waals surface area contributed by atoms with Crippen molar-refractivity contribution >= 4 is 28.8 Å². The van der Waals surface area contributed by atoms with E-state index in [-0.39, 0.29) is 23.8 Å². The molecule has 2 aromatic carbocycles. The summed E-state index contributed by atoms with van der Waals surface area (Å²) in [7, 11) is 1.39. The molecule has 0 spiro atoms. The first-order valence-electron chi connectivity index (χ1n) is 8.59. The van der Waals surface area contributed by atoms with Crippen LogP contribution < -0.4 is 4.74 Å². The van der Waals surface area contributed by atoms with Crippen molar-refractivity contribution in [3.05, 3.63) is 53.8 Å². The maximum Gasteiger partial charge on any atom is 0.435 e. The van der Waals surface area contributed by atoms with E-state index in [9.17, 15) is 9.18 Å². The fourth-order valence-corrected chi connectivity index (χ4v) is 3.45. The summed E-state index contributed by atoms with van der Waals surface area (Å²) in [6.07, 6.45) is -0.651. The van der Waals surface area contributed by atoms with Crippen LogP contribution in [0, 0.1) is 11.7 Å². The van der Waals surface area contributed by atoms with E-state index in [4.69, 9.17) is 9.47 Å². The summed E-state index contributed by atoms with van der Waals surface area (Å²) >= 11 is 1.48. The van der Waals surface area contributed by atoms with Gasteiger partial charge >= 0.3 is 6.09 Å². The summed E-state index contributed by atoms with van der Waals surface area (Å²) in [5, 5.41) is 4.25. The van der Waals surface area contributed by atoms with Crippen molar-refractivity contribution in [2.45, 2.75) is 24.5 Å². The molecule has 3 aromatic rings. The Labute approximate surface area is 161 Å². The number of methoxy groups -OCH3 is 1. The number of thioether (sulfide) groups is 1. The van der Waals surface area contributed by atoms with E-state index in [1.54, 1.807) is 6.07 Å². The molecule has 0 unspecified atom stereocenters. The topological polar surface area (TPSA) is 53.4 Å². The van der Waals surface area contributed by atoms with E-state index in [2.05, 4.69) is 5.10 Å². The second-order valence-corrected chi connectivity index (χ2v) is 7.51. The maximum absolute atomic E-state index is 14.7. The summed E-state index contributed by atoms with van der Waals surface area (Å²) in [6.45, 7) is 4.13. The van der Waals surface area contributed by atoms with Crippen molar-refractivity contribution in [2.75, 3.05) is 13.7 Å². The number of carbonyl (C=O) groups excluding carboxylic acids is 1. The molecule has 0 atom stereocenters. The van der Waals surface area contributed by atoms with Gasteiger partial charge in [-0.15, -0.1) is 16.9 Å². The lowest BCUT2D eigenvalue weighted by molar-refractivity contribution is 0.132. The Kier molecular flexibility index (Phi) is 6.01. The zero-order chi connectivity index (χ0) is 19.4. The van der Waals surface area contributed by atoms with Crippen molar-refractivity contribution in [2.24, 2.45) is 5.92 Å². The molecule has 1 aromatic heterocycles. The zero-order valence-corrected chi connectivity index (χ0v) is 16.3. The quantitative estimate of drug-likeness (QED) is 0.549. The average Bonchev–Trinajstić information content (AvgIpc) is 3.04. The van der Waals surface area contributed by atoms with Gasteiger partial charge < -0.3 is 9.47 Å². The molecule has 0 aliphatic heterocycles. The van der Waals surface area contributed by atoms with Gasteiger partial charge in [0.2, 0.25) is 5.88 Å². The number of hydrogen-bond donors (Lipinski definition) is 0. The summed E-state index contributed by atoms with van der Waals surface area (Å²) in [4.78, 5) is 13.1. The molecule has 0 aliphatic rings. The highest BCUT2D eigenvalue weighted by molar-refractivity contribution is 7.98. The molecule has 27 heavy (non-hydrogen) atoms. The van der Waals surface area contributed by atoms with E-state index in [1.807, 2.05) is 44.2 Å². The van der Waals surface area contributed by atoms with Gasteiger partial charge in [-0.3, -0.25) is 0 Å². The highest BCUT2D eigenvalue weighted by atomic mass is 32.2. The van der Waals surface area contributed by atoms with Gasteiger partial charge in [0.15, 0.2) is 0 Å². The van der Waals surface area contributed by atoms with Gasteiger partial charge in [-0.05, 0) is 23.6 Å². The Bertz CT molecular complexity index is 941. The monoisotopic (exact) mass is 388 g/mol. The molecular formula is C20H21FN2O3S. The lowest BCUT2D eigenvalue weighted by Gasteiger charge is -2.08. The molecule has 142 valence electrons. The number of aromatic nitrogens is 2. The second kappa shape index (κ2) is 8.43. The summed E-state index contributed by atoms with van der Waals surface area (Å²) in [6, 6.07) is 13.1. The van der Waals surface area contributed by atoms with Gasteiger partial charge in [0, 0.05) is 10.6 Å². The molecule has 0 aliphatic carbocycles. The van der Waals surface area contributed by atoms with Crippen LogP contribution in [-0.4, -0.2) is 29.6 Å². The van der Waals surface area contributed by atoms with Crippen molar-refractivity contribution in [1.29, 1.82) is 0 Å². The predicted octanol–water partition coefficient (Wildman–Crippen LogP) is 5.12. The standard InChI is InChI=1S/C20H21FN2O3S/c1-13(2)11-26-20(24)23-17-10-15(27-12-14-7-5-4-6-8-14)9-16(21)18(17)19(22-23)25-3/h4-10,13H,11-12H2,1-3H3. The highest BCUT2D eigenvalue weighted by Crippen LogP contribution is 2.33. The van der Waals surface area contributed by atoms with Crippen LogP contribution in [0.2, 0.25) is 0 Å². The zero-order valence-electron chi connectivity index (χ0n) is 15.4. The van der Waals surface area contributed by atoms with Crippen LogP contribution in [0.4, 0.5) is 9.18 Å². The number of nitrogens with zero attached hydrogens (tertiary/aromatic N) is 2. The Hall–Kier alpha value is -2.54. The minimum Gasteiger partial charge on any atom is -0.479 e. The van der Waals surface area contributed by atoms with Crippen LogP contribution in [-0.2, 0) is 10.5 Å². The highest BCUT2D eigenvalue weighted by Gasteiger charge is 2.21. The van der Waals surface area contributed by atoms with Crippen molar-refractivity contribution in [1.82, 2.24) is 9.78 Å². The Morgan fingerprint density at radius 1 is 1.26 bits per heavy atom.